The first-order valence-electron chi connectivity index (χ1n) is 9.06. The molecule has 4 aromatic rings. The van der Waals surface area contributed by atoms with Crippen LogP contribution in [0.5, 0.6) is 0 Å². The van der Waals surface area contributed by atoms with E-state index in [0.717, 1.165) is 16.9 Å². The predicted octanol–water partition coefficient (Wildman–Crippen LogP) is 5.86. The molecule has 0 saturated heterocycles. The van der Waals surface area contributed by atoms with Gasteiger partial charge in [0, 0.05) is 23.1 Å². The molecule has 0 aliphatic heterocycles. The van der Waals surface area contributed by atoms with Gasteiger partial charge in [0.25, 0.3) is 5.91 Å². The van der Waals surface area contributed by atoms with E-state index < -0.39 is 0 Å². The van der Waals surface area contributed by atoms with Gasteiger partial charge in [-0.1, -0.05) is 60.2 Å². The van der Waals surface area contributed by atoms with Gasteiger partial charge in [-0.25, -0.2) is 4.98 Å². The molecule has 0 fully saturated rings. The van der Waals surface area contributed by atoms with Crippen LogP contribution in [0, 0.1) is 13.8 Å². The molecule has 0 bridgehead atoms. The van der Waals surface area contributed by atoms with Gasteiger partial charge in [0.15, 0.2) is 5.13 Å². The minimum absolute atomic E-state index is 0.208. The van der Waals surface area contributed by atoms with Gasteiger partial charge in [0.05, 0.1) is 5.56 Å². The summed E-state index contributed by atoms with van der Waals surface area (Å²) in [4.78, 5) is 18.1. The van der Waals surface area contributed by atoms with E-state index in [2.05, 4.69) is 41.5 Å². The maximum Gasteiger partial charge on any atom is 0.261 e. The van der Waals surface area contributed by atoms with Gasteiger partial charge in [-0.15, -0.1) is 11.3 Å². The lowest BCUT2D eigenvalue weighted by Crippen LogP contribution is -2.11. The van der Waals surface area contributed by atoms with Crippen molar-refractivity contribution in [2.75, 3.05) is 5.32 Å². The van der Waals surface area contributed by atoms with Crippen LogP contribution in [-0.2, 0) is 6.42 Å². The number of thiazole rings is 1. The van der Waals surface area contributed by atoms with Crippen molar-refractivity contribution in [3.8, 4) is 11.3 Å². The van der Waals surface area contributed by atoms with Crippen molar-refractivity contribution in [1.29, 1.82) is 0 Å². The molecule has 0 aliphatic carbocycles. The molecule has 2 aromatic heterocycles. The Balaban J connectivity index is 1.47. The lowest BCUT2D eigenvalue weighted by Gasteiger charge is -2.00. The van der Waals surface area contributed by atoms with Crippen LogP contribution in [0.15, 0.2) is 71.3 Å². The van der Waals surface area contributed by atoms with Crippen LogP contribution in [0.2, 0.25) is 0 Å². The van der Waals surface area contributed by atoms with E-state index in [4.69, 9.17) is 4.42 Å². The van der Waals surface area contributed by atoms with Crippen molar-refractivity contribution in [3.05, 3.63) is 94.2 Å². The minimum Gasteiger partial charge on any atom is -0.461 e. The van der Waals surface area contributed by atoms with Crippen molar-refractivity contribution >= 4 is 22.4 Å². The van der Waals surface area contributed by atoms with Gasteiger partial charge in [0.2, 0.25) is 0 Å². The van der Waals surface area contributed by atoms with E-state index in [1.165, 1.54) is 22.5 Å². The number of rotatable bonds is 5. The molecule has 0 aliphatic rings. The summed E-state index contributed by atoms with van der Waals surface area (Å²) < 4.78 is 5.78. The lowest BCUT2D eigenvalue weighted by atomic mass is 10.1. The molecule has 5 heteroatoms. The highest BCUT2D eigenvalue weighted by molar-refractivity contribution is 7.15. The zero-order valence-electron chi connectivity index (χ0n) is 15.7. The van der Waals surface area contributed by atoms with Crippen LogP contribution in [0.4, 0.5) is 5.13 Å². The Kier molecular flexibility index (Phi) is 5.08. The molecule has 140 valence electrons. The quantitative estimate of drug-likeness (QED) is 0.466. The number of carbonyl (C=O) groups excluding carboxylic acids is 1. The van der Waals surface area contributed by atoms with E-state index in [0.29, 0.717) is 22.2 Å². The third kappa shape index (κ3) is 4.05. The van der Waals surface area contributed by atoms with Gasteiger partial charge in [0.1, 0.15) is 11.5 Å². The van der Waals surface area contributed by atoms with Crippen LogP contribution >= 0.6 is 11.3 Å². The summed E-state index contributed by atoms with van der Waals surface area (Å²) in [6.45, 7) is 3.88. The largest absolute Gasteiger partial charge is 0.461 e. The second-order valence-corrected chi connectivity index (χ2v) is 7.81. The first-order chi connectivity index (χ1) is 13.6. The Hall–Kier alpha value is -3.18. The topological polar surface area (TPSA) is 55.1 Å². The third-order valence-corrected chi connectivity index (χ3v) is 5.37. The Labute approximate surface area is 167 Å². The van der Waals surface area contributed by atoms with Crippen molar-refractivity contribution < 1.29 is 9.21 Å². The number of hydrogen-bond donors (Lipinski definition) is 1. The Morgan fingerprint density at radius 2 is 1.89 bits per heavy atom. The molecule has 0 spiro atoms. The first-order valence-corrected chi connectivity index (χ1v) is 9.87. The molecule has 0 atom stereocenters. The molecular weight excluding hydrogens is 368 g/mol. The Morgan fingerprint density at radius 1 is 1.07 bits per heavy atom. The number of aromatic nitrogens is 1. The standard InChI is InChI=1S/C23H20N2O2S/c1-15-7-6-8-17(11-15)12-19-14-24-23(28-19)25-22(26)20-13-21(27-16(20)2)18-9-4-3-5-10-18/h3-11,13-14H,12H2,1-2H3,(H,24,25,26). The average molecular weight is 388 g/mol. The number of amides is 1. The van der Waals surface area contributed by atoms with Crippen LogP contribution in [0.1, 0.15) is 32.1 Å². The molecule has 0 unspecified atom stereocenters. The van der Waals surface area contributed by atoms with E-state index in [-0.39, 0.29) is 5.91 Å². The van der Waals surface area contributed by atoms with Crippen LogP contribution in [0.3, 0.4) is 0 Å². The zero-order valence-corrected chi connectivity index (χ0v) is 16.5. The molecule has 4 nitrogen and oxygen atoms in total. The summed E-state index contributed by atoms with van der Waals surface area (Å²) in [6.07, 6.45) is 2.62. The molecule has 0 radical (unpaired) electrons. The summed E-state index contributed by atoms with van der Waals surface area (Å²) >= 11 is 1.49. The van der Waals surface area contributed by atoms with E-state index in [1.54, 1.807) is 13.0 Å². The fourth-order valence-corrected chi connectivity index (χ4v) is 3.93. The van der Waals surface area contributed by atoms with E-state index in [9.17, 15) is 4.79 Å². The second-order valence-electron chi connectivity index (χ2n) is 6.70. The molecule has 1 N–H and O–H groups in total. The third-order valence-electron chi connectivity index (χ3n) is 4.46. The molecule has 2 aromatic carbocycles. The molecule has 28 heavy (non-hydrogen) atoms. The lowest BCUT2D eigenvalue weighted by molar-refractivity contribution is 0.102. The number of carbonyl (C=O) groups is 1. The number of furan rings is 1. The summed E-state index contributed by atoms with van der Waals surface area (Å²) in [5.41, 5.74) is 3.94. The van der Waals surface area contributed by atoms with Crippen LogP contribution in [-0.4, -0.2) is 10.9 Å². The smallest absolute Gasteiger partial charge is 0.261 e. The number of nitrogens with zero attached hydrogens (tertiary/aromatic N) is 1. The Bertz CT molecular complexity index is 1110. The SMILES string of the molecule is Cc1cccc(Cc2cnc(NC(=O)c3cc(-c4ccccc4)oc3C)s2)c1. The highest BCUT2D eigenvalue weighted by atomic mass is 32.1. The fourth-order valence-electron chi connectivity index (χ4n) is 3.09. The van der Waals surface area contributed by atoms with Gasteiger partial charge in [-0.2, -0.15) is 0 Å². The predicted molar refractivity (Wildman–Crippen MR) is 113 cm³/mol. The molecule has 2 heterocycles. The van der Waals surface area contributed by atoms with Crippen LogP contribution < -0.4 is 5.32 Å². The molecule has 0 saturated carbocycles. The highest BCUT2D eigenvalue weighted by Crippen LogP contribution is 2.27. The summed E-state index contributed by atoms with van der Waals surface area (Å²) in [5, 5.41) is 3.48. The van der Waals surface area contributed by atoms with E-state index in [1.807, 2.05) is 36.5 Å². The zero-order chi connectivity index (χ0) is 19.5. The average Bonchev–Trinajstić information content (AvgIpc) is 3.29. The van der Waals surface area contributed by atoms with Crippen molar-refractivity contribution in [3.63, 3.8) is 0 Å². The van der Waals surface area contributed by atoms with Gasteiger partial charge in [-0.3, -0.25) is 10.1 Å². The number of nitrogens with one attached hydrogen (secondary N) is 1. The molecule has 4 rings (SSSR count). The van der Waals surface area contributed by atoms with Gasteiger partial charge in [-0.05, 0) is 25.5 Å². The summed E-state index contributed by atoms with van der Waals surface area (Å²) in [6, 6.07) is 19.9. The monoisotopic (exact) mass is 388 g/mol. The minimum atomic E-state index is -0.208. The maximum atomic E-state index is 12.7. The van der Waals surface area contributed by atoms with Crippen molar-refractivity contribution in [2.45, 2.75) is 20.3 Å². The number of hydrogen-bond acceptors (Lipinski definition) is 4. The fraction of sp³-hybridized carbons (Fsp3) is 0.130. The van der Waals surface area contributed by atoms with E-state index >= 15 is 0 Å². The van der Waals surface area contributed by atoms with Crippen molar-refractivity contribution in [2.24, 2.45) is 0 Å². The molecular formula is C23H20N2O2S. The highest BCUT2D eigenvalue weighted by Gasteiger charge is 2.17. The number of anilines is 1. The number of aryl methyl sites for hydroxylation is 2. The van der Waals surface area contributed by atoms with Gasteiger partial charge >= 0.3 is 0 Å². The van der Waals surface area contributed by atoms with Crippen LogP contribution in [0.25, 0.3) is 11.3 Å². The normalized spacial score (nSPS) is 10.8. The summed E-state index contributed by atoms with van der Waals surface area (Å²) in [7, 11) is 0. The second kappa shape index (κ2) is 7.82. The Morgan fingerprint density at radius 3 is 2.68 bits per heavy atom. The van der Waals surface area contributed by atoms with Crippen molar-refractivity contribution in [1.82, 2.24) is 4.98 Å². The molecule has 1 amide bonds. The maximum absolute atomic E-state index is 12.7. The number of benzene rings is 2. The first kappa shape index (κ1) is 18.2. The summed E-state index contributed by atoms with van der Waals surface area (Å²) in [5.74, 6) is 1.07. The van der Waals surface area contributed by atoms with Gasteiger partial charge < -0.3 is 4.42 Å².